The number of nitro groups is 1. The number of hydrogen-bond acceptors (Lipinski definition) is 9. The Labute approximate surface area is 201 Å². The van der Waals surface area contributed by atoms with Crippen LogP contribution in [0.4, 0.5) is 5.69 Å². The van der Waals surface area contributed by atoms with E-state index in [2.05, 4.69) is 0 Å². The van der Waals surface area contributed by atoms with Gasteiger partial charge in [0, 0.05) is 16.9 Å². The van der Waals surface area contributed by atoms with Gasteiger partial charge in [-0.2, -0.15) is 0 Å². The van der Waals surface area contributed by atoms with Gasteiger partial charge in [-0.25, -0.2) is 9.59 Å². The number of benzene rings is 1. The van der Waals surface area contributed by atoms with Gasteiger partial charge in [0.25, 0.3) is 11.6 Å². The largest absolute Gasteiger partial charge is 0.459 e. The zero-order valence-electron chi connectivity index (χ0n) is 16.7. The number of ether oxygens (including phenoxy) is 2. The molecule has 3 rings (SSSR count). The predicted octanol–water partition coefficient (Wildman–Crippen LogP) is 2.31. The van der Waals surface area contributed by atoms with Gasteiger partial charge in [-0.3, -0.25) is 14.9 Å². The van der Waals surface area contributed by atoms with Crippen LogP contribution in [-0.4, -0.2) is 59.8 Å². The van der Waals surface area contributed by atoms with Crippen LogP contribution in [0.5, 0.6) is 0 Å². The van der Waals surface area contributed by atoms with Crippen molar-refractivity contribution in [1.29, 1.82) is 0 Å². The normalized spacial score (nSPS) is 26.2. The average Bonchev–Trinajstić information content (AvgIpc) is 2.98. The van der Waals surface area contributed by atoms with Crippen LogP contribution in [0.25, 0.3) is 0 Å². The minimum absolute atomic E-state index is 0.0941. The van der Waals surface area contributed by atoms with Crippen molar-refractivity contribution >= 4 is 70.1 Å². The van der Waals surface area contributed by atoms with Gasteiger partial charge in [0.15, 0.2) is 0 Å². The maximum atomic E-state index is 12.8. The molecule has 0 saturated carbocycles. The summed E-state index contributed by atoms with van der Waals surface area (Å²) in [6, 6.07) is 4.49. The van der Waals surface area contributed by atoms with Crippen LogP contribution in [-0.2, 0) is 30.5 Å². The number of hydrogen-bond donors (Lipinski definition) is 1. The number of thioether (sulfide) groups is 1. The highest BCUT2D eigenvalue weighted by Crippen LogP contribution is 2.54. The standard InChI is InChI=1S/C18H18Cl3N3O7S/c1-16(2)11(12(25)30-7-9-3-5-10(6-4-9)24(28)29)23-13(26)18(22,14(23)32-16)15(27)31-8-17(19,20)21/h3-6,11,14H,7-8,22H2,1-2H3/t11-,14+,18?/m0/s1. The van der Waals surface area contributed by atoms with Gasteiger partial charge in [-0.05, 0) is 31.5 Å². The number of nitro benzene ring substituents is 1. The van der Waals surface area contributed by atoms with Crippen LogP contribution < -0.4 is 5.73 Å². The molecule has 174 valence electrons. The molecule has 0 aliphatic carbocycles. The van der Waals surface area contributed by atoms with E-state index in [4.69, 9.17) is 50.0 Å². The van der Waals surface area contributed by atoms with E-state index in [9.17, 15) is 24.5 Å². The summed E-state index contributed by atoms with van der Waals surface area (Å²) in [5, 5.41) is 9.87. The van der Waals surface area contributed by atoms with Crippen molar-refractivity contribution in [3.8, 4) is 0 Å². The summed E-state index contributed by atoms with van der Waals surface area (Å²) >= 11 is 17.9. The van der Waals surface area contributed by atoms with E-state index in [-0.39, 0.29) is 12.3 Å². The van der Waals surface area contributed by atoms with E-state index < -0.39 is 54.9 Å². The summed E-state index contributed by atoms with van der Waals surface area (Å²) in [4.78, 5) is 49.5. The summed E-state index contributed by atoms with van der Waals surface area (Å²) in [6.45, 7) is 2.69. The fourth-order valence-electron chi connectivity index (χ4n) is 3.47. The number of rotatable bonds is 6. The molecule has 0 spiro atoms. The number of nitrogens with zero attached hydrogens (tertiary/aromatic N) is 2. The predicted molar refractivity (Wildman–Crippen MR) is 117 cm³/mol. The number of non-ortho nitro benzene ring substituents is 1. The van der Waals surface area contributed by atoms with Crippen molar-refractivity contribution in [1.82, 2.24) is 4.90 Å². The second kappa shape index (κ2) is 8.53. The lowest BCUT2D eigenvalue weighted by atomic mass is 9.85. The van der Waals surface area contributed by atoms with Crippen molar-refractivity contribution < 1.29 is 28.8 Å². The first kappa shape index (κ1) is 24.8. The third-order valence-corrected chi connectivity index (χ3v) is 7.02. The average molecular weight is 527 g/mol. The fourth-order valence-corrected chi connectivity index (χ4v) is 5.26. The molecule has 2 N–H and O–H groups in total. The molecule has 0 aromatic heterocycles. The van der Waals surface area contributed by atoms with Crippen LogP contribution in [0.2, 0.25) is 0 Å². The number of esters is 2. The van der Waals surface area contributed by atoms with Crippen molar-refractivity contribution in [2.24, 2.45) is 5.73 Å². The highest BCUT2D eigenvalue weighted by Gasteiger charge is 2.74. The molecule has 1 aromatic carbocycles. The number of amides is 1. The van der Waals surface area contributed by atoms with E-state index in [1.165, 1.54) is 29.2 Å². The molecule has 0 radical (unpaired) electrons. The fraction of sp³-hybridized carbons (Fsp3) is 0.500. The lowest BCUT2D eigenvalue weighted by Gasteiger charge is -2.48. The second-order valence-electron chi connectivity index (χ2n) is 7.78. The lowest BCUT2D eigenvalue weighted by molar-refractivity contribution is -0.384. The molecule has 14 heteroatoms. The molecule has 0 bridgehead atoms. The van der Waals surface area contributed by atoms with Gasteiger partial charge in [-0.15, -0.1) is 11.8 Å². The highest BCUT2D eigenvalue weighted by atomic mass is 35.6. The Bertz CT molecular complexity index is 970. The monoisotopic (exact) mass is 525 g/mol. The lowest BCUT2D eigenvalue weighted by Crippen LogP contribution is -2.81. The maximum absolute atomic E-state index is 12.8. The van der Waals surface area contributed by atoms with Gasteiger partial charge in [0.05, 0.1) is 4.92 Å². The number of halogens is 3. The van der Waals surface area contributed by atoms with Crippen LogP contribution in [0.1, 0.15) is 19.4 Å². The molecule has 3 atom stereocenters. The number of carbonyl (C=O) groups is 3. The SMILES string of the molecule is CC1(C)S[C@H]2N(C(=O)C2(N)C(=O)OCC(Cl)(Cl)Cl)[C@H]1C(=O)OCc1ccc([N+](=O)[O-])cc1. The van der Waals surface area contributed by atoms with E-state index >= 15 is 0 Å². The number of fused-ring (bicyclic) bond motifs is 1. The van der Waals surface area contributed by atoms with Crippen LogP contribution in [0.3, 0.4) is 0 Å². The van der Waals surface area contributed by atoms with Gasteiger partial charge >= 0.3 is 11.9 Å². The minimum atomic E-state index is -2.02. The zero-order chi connectivity index (χ0) is 24.1. The van der Waals surface area contributed by atoms with E-state index in [1.807, 2.05) is 0 Å². The van der Waals surface area contributed by atoms with Crippen molar-refractivity contribution in [2.45, 2.75) is 45.9 Å². The van der Waals surface area contributed by atoms with Gasteiger partial charge in [-0.1, -0.05) is 34.8 Å². The number of carbonyl (C=O) groups excluding carboxylic acids is 3. The van der Waals surface area contributed by atoms with E-state index in [0.717, 1.165) is 11.8 Å². The maximum Gasteiger partial charge on any atom is 0.339 e. The third-order valence-electron chi connectivity index (χ3n) is 5.04. The first-order valence-corrected chi connectivity index (χ1v) is 11.1. The first-order valence-electron chi connectivity index (χ1n) is 9.12. The van der Waals surface area contributed by atoms with Gasteiger partial charge in [0.2, 0.25) is 9.33 Å². The summed E-state index contributed by atoms with van der Waals surface area (Å²) in [5.74, 6) is -2.56. The molecule has 2 fully saturated rings. The number of nitrogens with two attached hydrogens (primary N) is 1. The van der Waals surface area contributed by atoms with Crippen LogP contribution in [0, 0.1) is 10.1 Å². The number of alkyl halides is 3. The van der Waals surface area contributed by atoms with E-state index in [0.29, 0.717) is 5.56 Å². The molecule has 2 heterocycles. The molecular weight excluding hydrogens is 509 g/mol. The molecule has 32 heavy (non-hydrogen) atoms. The number of β-lactam (4-membered cyclic amide) rings is 1. The van der Waals surface area contributed by atoms with Crippen LogP contribution in [0.15, 0.2) is 24.3 Å². The molecular formula is C18H18Cl3N3O7S. The van der Waals surface area contributed by atoms with Gasteiger partial charge < -0.3 is 20.1 Å². The molecule has 2 aliphatic heterocycles. The second-order valence-corrected chi connectivity index (χ2v) is 12.0. The minimum Gasteiger partial charge on any atom is -0.459 e. The Hall–Kier alpha value is -1.79. The summed E-state index contributed by atoms with van der Waals surface area (Å²) in [5.41, 5.74) is 4.48. The Balaban J connectivity index is 1.69. The summed E-state index contributed by atoms with van der Waals surface area (Å²) in [6.07, 6.45) is 0. The summed E-state index contributed by atoms with van der Waals surface area (Å²) < 4.78 is 7.55. The first-order chi connectivity index (χ1) is 14.7. The topological polar surface area (TPSA) is 142 Å². The molecule has 2 aliphatic rings. The Morgan fingerprint density at radius 3 is 2.38 bits per heavy atom. The zero-order valence-corrected chi connectivity index (χ0v) is 19.8. The van der Waals surface area contributed by atoms with Crippen molar-refractivity contribution in [3.63, 3.8) is 0 Å². The Morgan fingerprint density at radius 1 is 1.25 bits per heavy atom. The molecule has 2 saturated heterocycles. The molecule has 10 nitrogen and oxygen atoms in total. The highest BCUT2D eigenvalue weighted by molar-refractivity contribution is 8.01. The molecule has 1 aromatic rings. The Kier molecular flexibility index (Phi) is 6.62. The quantitative estimate of drug-likeness (QED) is 0.147. The van der Waals surface area contributed by atoms with E-state index in [1.54, 1.807) is 13.8 Å². The van der Waals surface area contributed by atoms with Crippen LogP contribution >= 0.6 is 46.6 Å². The van der Waals surface area contributed by atoms with Gasteiger partial charge in [0.1, 0.15) is 24.6 Å². The summed E-state index contributed by atoms with van der Waals surface area (Å²) in [7, 11) is 0. The van der Waals surface area contributed by atoms with Crippen molar-refractivity contribution in [3.05, 3.63) is 39.9 Å². The smallest absolute Gasteiger partial charge is 0.339 e. The molecule has 1 unspecified atom stereocenters. The molecule has 1 amide bonds. The Morgan fingerprint density at radius 2 is 1.84 bits per heavy atom. The van der Waals surface area contributed by atoms with Crippen molar-refractivity contribution in [2.75, 3.05) is 6.61 Å². The third kappa shape index (κ3) is 4.49.